The number of carbonyl (C=O) groups is 3. The first-order chi connectivity index (χ1) is 14.5. The third-order valence-corrected chi connectivity index (χ3v) is 5.91. The molecule has 0 saturated carbocycles. The first kappa shape index (κ1) is 18.5. The zero-order chi connectivity index (χ0) is 21.0. The molecule has 0 N–H and O–H groups in total. The maximum absolute atomic E-state index is 13.5. The number of fused-ring (bicyclic) bond motifs is 5. The maximum atomic E-state index is 13.5. The van der Waals surface area contributed by atoms with Crippen molar-refractivity contribution in [1.29, 1.82) is 0 Å². The number of hydrogen-bond acceptors (Lipinski definition) is 6. The average Bonchev–Trinajstić information content (AvgIpc) is 3.22. The minimum absolute atomic E-state index is 0.148. The molecule has 8 heteroatoms. The number of hydrazone groups is 1. The Bertz CT molecular complexity index is 1080. The van der Waals surface area contributed by atoms with Crippen molar-refractivity contribution in [2.75, 3.05) is 11.5 Å². The summed E-state index contributed by atoms with van der Waals surface area (Å²) < 4.78 is 18.6. The van der Waals surface area contributed by atoms with E-state index in [-0.39, 0.29) is 12.3 Å². The lowest BCUT2D eigenvalue weighted by atomic mass is 9.85. The van der Waals surface area contributed by atoms with E-state index >= 15 is 0 Å². The third kappa shape index (κ3) is 2.49. The maximum Gasteiger partial charge on any atom is 0.331 e. The molecule has 7 nitrogen and oxygen atoms in total. The smallest absolute Gasteiger partial charge is 0.331 e. The van der Waals surface area contributed by atoms with Crippen LogP contribution < -0.4 is 4.90 Å². The Labute approximate surface area is 171 Å². The van der Waals surface area contributed by atoms with E-state index in [1.165, 1.54) is 29.3 Å². The monoisotopic (exact) mass is 407 g/mol. The number of esters is 1. The van der Waals surface area contributed by atoms with Crippen molar-refractivity contribution in [2.45, 2.75) is 19.0 Å². The van der Waals surface area contributed by atoms with Crippen LogP contribution in [0.3, 0.4) is 0 Å². The van der Waals surface area contributed by atoms with Gasteiger partial charge in [-0.3, -0.25) is 14.6 Å². The fourth-order valence-corrected chi connectivity index (χ4v) is 4.71. The number of ether oxygens (including phenoxy) is 1. The summed E-state index contributed by atoms with van der Waals surface area (Å²) in [5.41, 5.74) is 1.95. The molecular formula is C22H18FN3O4. The number of anilines is 1. The summed E-state index contributed by atoms with van der Waals surface area (Å²) in [5, 5.41) is 5.95. The van der Waals surface area contributed by atoms with E-state index in [4.69, 9.17) is 4.74 Å². The lowest BCUT2D eigenvalue weighted by molar-refractivity contribution is -0.152. The molecule has 2 aromatic rings. The fraction of sp³-hybridized carbons (Fsp3) is 0.273. The summed E-state index contributed by atoms with van der Waals surface area (Å²) in [6, 6.07) is 11.1. The number of amides is 2. The summed E-state index contributed by atoms with van der Waals surface area (Å²) in [6.07, 6.45) is 1.63. The number of rotatable bonds is 3. The van der Waals surface area contributed by atoms with Crippen molar-refractivity contribution in [3.8, 4) is 0 Å². The Kier molecular flexibility index (Phi) is 4.16. The minimum Gasteiger partial charge on any atom is -0.464 e. The van der Waals surface area contributed by atoms with Crippen LogP contribution in [0.5, 0.6) is 0 Å². The second-order valence-electron chi connectivity index (χ2n) is 7.44. The van der Waals surface area contributed by atoms with E-state index in [2.05, 4.69) is 5.10 Å². The van der Waals surface area contributed by atoms with Crippen LogP contribution >= 0.6 is 0 Å². The summed E-state index contributed by atoms with van der Waals surface area (Å²) in [4.78, 5) is 40.7. The molecule has 2 fully saturated rings. The Morgan fingerprint density at radius 2 is 1.77 bits per heavy atom. The van der Waals surface area contributed by atoms with Crippen LogP contribution in [0.25, 0.3) is 0 Å². The average molecular weight is 407 g/mol. The van der Waals surface area contributed by atoms with Gasteiger partial charge in [0.15, 0.2) is 6.04 Å². The highest BCUT2D eigenvalue weighted by molar-refractivity contribution is 6.23. The molecule has 2 saturated heterocycles. The third-order valence-electron chi connectivity index (χ3n) is 5.91. The number of nitrogens with zero attached hydrogens (tertiary/aromatic N) is 3. The molecule has 0 unspecified atom stereocenters. The number of halogens is 1. The van der Waals surface area contributed by atoms with Gasteiger partial charge in [-0.05, 0) is 42.3 Å². The van der Waals surface area contributed by atoms with E-state index < -0.39 is 47.5 Å². The van der Waals surface area contributed by atoms with Crippen LogP contribution in [-0.4, -0.2) is 41.7 Å². The van der Waals surface area contributed by atoms with Crippen LogP contribution in [-0.2, 0) is 19.1 Å². The van der Waals surface area contributed by atoms with Crippen LogP contribution in [0.15, 0.2) is 53.6 Å². The van der Waals surface area contributed by atoms with Gasteiger partial charge in [0.1, 0.15) is 5.82 Å². The Balaban J connectivity index is 1.63. The molecule has 5 rings (SSSR count). The van der Waals surface area contributed by atoms with Gasteiger partial charge in [0, 0.05) is 0 Å². The number of benzene rings is 2. The van der Waals surface area contributed by atoms with Crippen LogP contribution in [0.4, 0.5) is 10.1 Å². The highest BCUT2D eigenvalue weighted by Crippen LogP contribution is 2.52. The molecule has 2 aromatic carbocycles. The van der Waals surface area contributed by atoms with Crippen LogP contribution in [0.2, 0.25) is 0 Å². The predicted octanol–water partition coefficient (Wildman–Crippen LogP) is 2.27. The Morgan fingerprint density at radius 3 is 2.50 bits per heavy atom. The van der Waals surface area contributed by atoms with Gasteiger partial charge in [0.2, 0.25) is 11.8 Å². The van der Waals surface area contributed by atoms with Crippen molar-refractivity contribution in [3.63, 3.8) is 0 Å². The first-order valence-corrected chi connectivity index (χ1v) is 9.74. The molecule has 3 aliphatic rings. The van der Waals surface area contributed by atoms with E-state index in [1.807, 2.05) is 24.3 Å². The van der Waals surface area contributed by atoms with Gasteiger partial charge in [0.25, 0.3) is 0 Å². The summed E-state index contributed by atoms with van der Waals surface area (Å²) in [7, 11) is 0. The molecule has 0 aromatic heterocycles. The summed E-state index contributed by atoms with van der Waals surface area (Å²) >= 11 is 0. The van der Waals surface area contributed by atoms with Crippen molar-refractivity contribution in [2.24, 2.45) is 16.9 Å². The topological polar surface area (TPSA) is 79.3 Å². The van der Waals surface area contributed by atoms with Crippen LogP contribution in [0.1, 0.15) is 24.1 Å². The Morgan fingerprint density at radius 1 is 1.07 bits per heavy atom. The molecule has 152 valence electrons. The number of imide groups is 1. The molecule has 0 spiro atoms. The van der Waals surface area contributed by atoms with Crippen molar-refractivity contribution >= 4 is 29.7 Å². The van der Waals surface area contributed by atoms with E-state index in [0.29, 0.717) is 0 Å². The van der Waals surface area contributed by atoms with Crippen molar-refractivity contribution in [1.82, 2.24) is 5.01 Å². The summed E-state index contributed by atoms with van der Waals surface area (Å²) in [5.74, 6) is -3.72. The van der Waals surface area contributed by atoms with E-state index in [1.54, 1.807) is 13.1 Å². The molecule has 30 heavy (non-hydrogen) atoms. The lowest BCUT2D eigenvalue weighted by Crippen LogP contribution is -2.45. The van der Waals surface area contributed by atoms with Gasteiger partial charge in [-0.15, -0.1) is 0 Å². The van der Waals surface area contributed by atoms with Crippen molar-refractivity contribution < 1.29 is 23.5 Å². The normalized spacial score (nSPS) is 26.5. The SMILES string of the molecule is CCOC(=O)[C@@H]1[C@@H]2C(=O)N(c3ccc(F)cc3)C(=O)[C@@H]2[C@H]2c3ccccc3C=NN12. The zero-order valence-electron chi connectivity index (χ0n) is 16.1. The molecule has 0 radical (unpaired) electrons. The Hall–Kier alpha value is -3.55. The molecule has 0 bridgehead atoms. The van der Waals surface area contributed by atoms with Gasteiger partial charge < -0.3 is 4.74 Å². The van der Waals surface area contributed by atoms with Gasteiger partial charge in [-0.2, -0.15) is 5.10 Å². The highest BCUT2D eigenvalue weighted by Gasteiger charge is 2.66. The number of carbonyl (C=O) groups excluding carboxylic acids is 3. The van der Waals surface area contributed by atoms with Gasteiger partial charge >= 0.3 is 5.97 Å². The fourth-order valence-electron chi connectivity index (χ4n) is 4.71. The number of hydrogen-bond donors (Lipinski definition) is 0. The molecule has 2 amide bonds. The lowest BCUT2D eigenvalue weighted by Gasteiger charge is -2.33. The quantitative estimate of drug-likeness (QED) is 0.576. The minimum atomic E-state index is -1.01. The van der Waals surface area contributed by atoms with Crippen molar-refractivity contribution in [3.05, 3.63) is 65.5 Å². The molecule has 3 aliphatic heterocycles. The van der Waals surface area contributed by atoms with Gasteiger partial charge in [-0.1, -0.05) is 24.3 Å². The summed E-state index contributed by atoms with van der Waals surface area (Å²) in [6.45, 7) is 1.83. The zero-order valence-corrected chi connectivity index (χ0v) is 16.1. The van der Waals surface area contributed by atoms with E-state index in [9.17, 15) is 18.8 Å². The molecule has 3 heterocycles. The van der Waals surface area contributed by atoms with Gasteiger partial charge in [-0.25, -0.2) is 14.1 Å². The van der Waals surface area contributed by atoms with E-state index in [0.717, 1.165) is 16.0 Å². The highest BCUT2D eigenvalue weighted by atomic mass is 19.1. The first-order valence-electron chi connectivity index (χ1n) is 9.74. The second kappa shape index (κ2) is 6.76. The molecule has 0 aliphatic carbocycles. The molecular weight excluding hydrogens is 389 g/mol. The molecule has 4 atom stereocenters. The van der Waals surface area contributed by atoms with Gasteiger partial charge in [0.05, 0.1) is 36.4 Å². The largest absolute Gasteiger partial charge is 0.464 e. The standard InChI is InChI=1S/C22H18FN3O4/c1-2-30-22(29)19-17-16(18-15-6-4-3-5-12(15)11-24-26(18)19)20(27)25(21(17)28)14-9-7-13(23)8-10-14/h3-11,16-19H,2H2,1H3/t16-,17+,18+,19-/m0/s1. The second-order valence-corrected chi connectivity index (χ2v) is 7.44. The van der Waals surface area contributed by atoms with Crippen LogP contribution in [0, 0.1) is 17.7 Å². The predicted molar refractivity (Wildman–Crippen MR) is 105 cm³/mol.